The molecule has 1 saturated heterocycles. The lowest BCUT2D eigenvalue weighted by molar-refractivity contribution is 0.0693. The highest BCUT2D eigenvalue weighted by molar-refractivity contribution is 7.89. The first-order chi connectivity index (χ1) is 15.4. The standard InChI is InChI=1S/C23H22FN3O3S2/c24-19-7-4-17(5-8-19)22-25-21(15-31-22)23(28)26-10-12-27(13-11-26)32(29,30)20-9-6-16-2-1-3-18(16)14-20/h4-9,14-15H,1-3,10-13H2. The Morgan fingerprint density at radius 1 is 0.969 bits per heavy atom. The van der Waals surface area contributed by atoms with E-state index in [4.69, 9.17) is 0 Å². The van der Waals surface area contributed by atoms with Crippen LogP contribution in [0.5, 0.6) is 0 Å². The van der Waals surface area contributed by atoms with Crippen molar-refractivity contribution < 1.29 is 17.6 Å². The number of rotatable bonds is 4. The molecule has 0 saturated carbocycles. The topological polar surface area (TPSA) is 70.6 Å². The molecule has 5 rings (SSSR count). The van der Waals surface area contributed by atoms with E-state index in [-0.39, 0.29) is 24.8 Å². The van der Waals surface area contributed by atoms with E-state index < -0.39 is 10.0 Å². The highest BCUT2D eigenvalue weighted by Crippen LogP contribution is 2.28. The minimum atomic E-state index is -3.58. The summed E-state index contributed by atoms with van der Waals surface area (Å²) in [6.07, 6.45) is 3.00. The number of fused-ring (bicyclic) bond motifs is 1. The maximum atomic E-state index is 13.1. The molecule has 1 aliphatic carbocycles. The molecular weight excluding hydrogens is 449 g/mol. The van der Waals surface area contributed by atoms with Crippen molar-refractivity contribution in [3.63, 3.8) is 0 Å². The maximum Gasteiger partial charge on any atom is 0.273 e. The highest BCUT2D eigenvalue weighted by atomic mass is 32.2. The largest absolute Gasteiger partial charge is 0.335 e. The van der Waals surface area contributed by atoms with Gasteiger partial charge in [0.05, 0.1) is 4.90 Å². The predicted octanol–water partition coefficient (Wildman–Crippen LogP) is 3.58. The van der Waals surface area contributed by atoms with E-state index in [9.17, 15) is 17.6 Å². The molecule has 2 aromatic carbocycles. The number of hydrogen-bond acceptors (Lipinski definition) is 5. The Morgan fingerprint density at radius 2 is 1.69 bits per heavy atom. The number of amides is 1. The Hall–Kier alpha value is -2.62. The lowest BCUT2D eigenvalue weighted by Crippen LogP contribution is -2.50. The molecule has 0 radical (unpaired) electrons. The van der Waals surface area contributed by atoms with E-state index in [1.165, 1.54) is 33.3 Å². The van der Waals surface area contributed by atoms with Gasteiger partial charge in [-0.25, -0.2) is 17.8 Å². The molecule has 2 aliphatic rings. The number of nitrogens with zero attached hydrogens (tertiary/aromatic N) is 3. The van der Waals surface area contributed by atoms with Crippen LogP contribution in [0.4, 0.5) is 4.39 Å². The number of hydrogen-bond donors (Lipinski definition) is 0. The molecule has 1 fully saturated rings. The molecule has 0 N–H and O–H groups in total. The average molecular weight is 472 g/mol. The Balaban J connectivity index is 1.25. The van der Waals surface area contributed by atoms with E-state index in [2.05, 4.69) is 4.98 Å². The SMILES string of the molecule is O=C(c1csc(-c2ccc(F)cc2)n1)N1CCN(S(=O)(=O)c2ccc3c(c2)CCC3)CC1. The number of sulfonamides is 1. The van der Waals surface area contributed by atoms with Crippen molar-refractivity contribution in [2.24, 2.45) is 0 Å². The summed E-state index contributed by atoms with van der Waals surface area (Å²) in [5.41, 5.74) is 3.44. The third-order valence-corrected chi connectivity index (χ3v) is 8.83. The van der Waals surface area contributed by atoms with Gasteiger partial charge in [0, 0.05) is 37.1 Å². The van der Waals surface area contributed by atoms with Crippen molar-refractivity contribution in [2.45, 2.75) is 24.2 Å². The summed E-state index contributed by atoms with van der Waals surface area (Å²) < 4.78 is 40.8. The lowest BCUT2D eigenvalue weighted by atomic mass is 10.1. The molecule has 0 atom stereocenters. The molecule has 6 nitrogen and oxygen atoms in total. The molecule has 9 heteroatoms. The predicted molar refractivity (Wildman–Crippen MR) is 121 cm³/mol. The smallest absolute Gasteiger partial charge is 0.273 e. The van der Waals surface area contributed by atoms with Gasteiger partial charge in [-0.05, 0) is 66.8 Å². The van der Waals surface area contributed by atoms with E-state index in [0.29, 0.717) is 28.7 Å². The number of halogens is 1. The van der Waals surface area contributed by atoms with Crippen molar-refractivity contribution in [1.82, 2.24) is 14.2 Å². The molecule has 0 bridgehead atoms. The van der Waals surface area contributed by atoms with Crippen LogP contribution in [0, 0.1) is 5.82 Å². The van der Waals surface area contributed by atoms with E-state index in [1.54, 1.807) is 34.5 Å². The van der Waals surface area contributed by atoms with Crippen LogP contribution in [0.25, 0.3) is 10.6 Å². The summed E-state index contributed by atoms with van der Waals surface area (Å²) >= 11 is 1.33. The Morgan fingerprint density at radius 3 is 2.44 bits per heavy atom. The second-order valence-corrected chi connectivity index (χ2v) is 10.8. The molecule has 1 aliphatic heterocycles. The zero-order valence-electron chi connectivity index (χ0n) is 17.3. The van der Waals surface area contributed by atoms with Gasteiger partial charge >= 0.3 is 0 Å². The first-order valence-corrected chi connectivity index (χ1v) is 12.9. The van der Waals surface area contributed by atoms with Crippen molar-refractivity contribution in [3.8, 4) is 10.6 Å². The summed E-state index contributed by atoms with van der Waals surface area (Å²) in [6.45, 7) is 1.12. The number of piperazine rings is 1. The highest BCUT2D eigenvalue weighted by Gasteiger charge is 2.31. The summed E-state index contributed by atoms with van der Waals surface area (Å²) in [5, 5.41) is 2.33. The van der Waals surface area contributed by atoms with Crippen LogP contribution in [0.1, 0.15) is 28.0 Å². The van der Waals surface area contributed by atoms with Gasteiger partial charge in [-0.3, -0.25) is 4.79 Å². The van der Waals surface area contributed by atoms with Crippen molar-refractivity contribution in [1.29, 1.82) is 0 Å². The molecule has 0 unspecified atom stereocenters. The minimum absolute atomic E-state index is 0.218. The van der Waals surface area contributed by atoms with Crippen LogP contribution in [-0.4, -0.2) is 54.7 Å². The summed E-state index contributed by atoms with van der Waals surface area (Å²) in [4.78, 5) is 19.3. The van der Waals surface area contributed by atoms with Gasteiger partial charge in [-0.15, -0.1) is 11.3 Å². The number of benzene rings is 2. The molecule has 2 heterocycles. The minimum Gasteiger partial charge on any atom is -0.335 e. The number of aryl methyl sites for hydroxylation is 2. The first-order valence-electron chi connectivity index (χ1n) is 10.5. The lowest BCUT2D eigenvalue weighted by Gasteiger charge is -2.33. The second kappa shape index (κ2) is 8.38. The van der Waals surface area contributed by atoms with Gasteiger partial charge in [0.25, 0.3) is 5.91 Å². The quantitative estimate of drug-likeness (QED) is 0.583. The Labute approximate surface area is 190 Å². The number of carbonyl (C=O) groups excluding carboxylic acids is 1. The summed E-state index contributed by atoms with van der Waals surface area (Å²) in [6, 6.07) is 11.4. The van der Waals surface area contributed by atoms with Crippen LogP contribution >= 0.6 is 11.3 Å². The van der Waals surface area contributed by atoms with Gasteiger partial charge in [0.2, 0.25) is 10.0 Å². The van der Waals surface area contributed by atoms with Gasteiger partial charge in [-0.1, -0.05) is 6.07 Å². The van der Waals surface area contributed by atoms with E-state index in [1.807, 2.05) is 6.07 Å². The van der Waals surface area contributed by atoms with Crippen LogP contribution < -0.4 is 0 Å². The fraction of sp³-hybridized carbons (Fsp3) is 0.304. The van der Waals surface area contributed by atoms with Crippen LogP contribution in [0.15, 0.2) is 52.7 Å². The fourth-order valence-corrected chi connectivity index (χ4v) is 6.52. The van der Waals surface area contributed by atoms with Crippen molar-refractivity contribution in [3.05, 3.63) is 70.5 Å². The molecular formula is C23H22FN3O3S2. The monoisotopic (exact) mass is 471 g/mol. The second-order valence-electron chi connectivity index (χ2n) is 8.03. The Kier molecular flexibility index (Phi) is 5.56. The summed E-state index contributed by atoms with van der Waals surface area (Å²) in [7, 11) is -3.58. The maximum absolute atomic E-state index is 13.1. The third kappa shape index (κ3) is 3.96. The van der Waals surface area contributed by atoms with Gasteiger partial charge < -0.3 is 4.90 Å². The Bertz CT molecular complexity index is 1260. The molecule has 3 aromatic rings. The van der Waals surface area contributed by atoms with Gasteiger partial charge in [0.15, 0.2) is 0 Å². The number of aromatic nitrogens is 1. The molecule has 1 aromatic heterocycles. The average Bonchev–Trinajstić information content (AvgIpc) is 3.48. The fourth-order valence-electron chi connectivity index (χ4n) is 4.25. The van der Waals surface area contributed by atoms with E-state index >= 15 is 0 Å². The first kappa shape index (κ1) is 21.2. The molecule has 32 heavy (non-hydrogen) atoms. The van der Waals surface area contributed by atoms with Crippen LogP contribution in [0.2, 0.25) is 0 Å². The third-order valence-electron chi connectivity index (χ3n) is 6.05. The zero-order chi connectivity index (χ0) is 22.3. The van der Waals surface area contributed by atoms with Crippen LogP contribution in [0.3, 0.4) is 0 Å². The molecule has 1 amide bonds. The van der Waals surface area contributed by atoms with Crippen LogP contribution in [-0.2, 0) is 22.9 Å². The summed E-state index contributed by atoms with van der Waals surface area (Å²) in [5.74, 6) is -0.543. The molecule has 0 spiro atoms. The van der Waals surface area contributed by atoms with Crippen molar-refractivity contribution >= 4 is 27.3 Å². The van der Waals surface area contributed by atoms with Gasteiger partial charge in [-0.2, -0.15) is 4.31 Å². The van der Waals surface area contributed by atoms with Gasteiger partial charge in [0.1, 0.15) is 16.5 Å². The molecule has 166 valence electrons. The number of carbonyl (C=O) groups is 1. The zero-order valence-corrected chi connectivity index (χ0v) is 19.0. The normalized spacial score (nSPS) is 16.8. The van der Waals surface area contributed by atoms with Crippen molar-refractivity contribution in [2.75, 3.05) is 26.2 Å². The van der Waals surface area contributed by atoms with E-state index in [0.717, 1.165) is 30.4 Å². The number of thiazole rings is 1.